The van der Waals surface area contributed by atoms with E-state index in [2.05, 4.69) is 13.2 Å². The smallest absolute Gasteiger partial charge is 0.302 e. The van der Waals surface area contributed by atoms with Gasteiger partial charge in [-0.25, -0.2) is 0 Å². The second kappa shape index (κ2) is 7.12. The summed E-state index contributed by atoms with van der Waals surface area (Å²) in [6.07, 6.45) is 4.68. The van der Waals surface area contributed by atoms with Crippen molar-refractivity contribution in [2.75, 3.05) is 13.2 Å². The maximum Gasteiger partial charge on any atom is 0.302 e. The Morgan fingerprint density at radius 3 is 1.63 bits per heavy atom. The number of carbonyl (C=O) groups excluding carboxylic acids is 2. The molecule has 0 amide bonds. The normalized spacial score (nSPS) is 29.6. The average Bonchev–Trinajstić information content (AvgIpc) is 2.70. The van der Waals surface area contributed by atoms with Gasteiger partial charge >= 0.3 is 11.9 Å². The summed E-state index contributed by atoms with van der Waals surface area (Å²) in [6.45, 7) is 11.1. The van der Waals surface area contributed by atoms with Crippen LogP contribution in [0.4, 0.5) is 0 Å². The van der Waals surface area contributed by atoms with Crippen LogP contribution in [-0.2, 0) is 19.1 Å². The van der Waals surface area contributed by atoms with Crippen molar-refractivity contribution >= 4 is 11.9 Å². The number of carbonyl (C=O) groups is 2. The van der Waals surface area contributed by atoms with Gasteiger partial charge in [0.1, 0.15) is 0 Å². The summed E-state index contributed by atoms with van der Waals surface area (Å²) < 4.78 is 10.3. The molecule has 1 aliphatic carbocycles. The maximum absolute atomic E-state index is 11.0. The molecule has 1 aliphatic rings. The third-order valence-electron chi connectivity index (χ3n) is 3.76. The van der Waals surface area contributed by atoms with Gasteiger partial charge in [-0.15, -0.1) is 13.2 Å². The molecule has 4 heteroatoms. The summed E-state index contributed by atoms with van der Waals surface area (Å²) in [6, 6.07) is 0. The van der Waals surface area contributed by atoms with E-state index in [4.69, 9.17) is 9.47 Å². The van der Waals surface area contributed by atoms with Crippen LogP contribution in [-0.4, -0.2) is 25.2 Å². The summed E-state index contributed by atoms with van der Waals surface area (Å²) in [5.41, 5.74) is 0. The Morgan fingerprint density at radius 1 is 1.00 bits per heavy atom. The van der Waals surface area contributed by atoms with Crippen LogP contribution >= 0.6 is 0 Å². The zero-order valence-electron chi connectivity index (χ0n) is 11.6. The van der Waals surface area contributed by atoms with Crippen molar-refractivity contribution in [1.29, 1.82) is 0 Å². The van der Waals surface area contributed by atoms with Crippen LogP contribution in [0.15, 0.2) is 25.3 Å². The number of hydrogen-bond acceptors (Lipinski definition) is 4. The van der Waals surface area contributed by atoms with Gasteiger partial charge in [0.25, 0.3) is 0 Å². The molecule has 0 aromatic rings. The third-order valence-corrected chi connectivity index (χ3v) is 3.76. The minimum Gasteiger partial charge on any atom is -0.466 e. The summed E-state index contributed by atoms with van der Waals surface area (Å²) >= 11 is 0. The van der Waals surface area contributed by atoms with Crippen molar-refractivity contribution in [3.8, 4) is 0 Å². The van der Waals surface area contributed by atoms with E-state index in [9.17, 15) is 9.59 Å². The van der Waals surface area contributed by atoms with Crippen molar-refractivity contribution in [3.05, 3.63) is 25.3 Å². The maximum atomic E-state index is 11.0. The highest BCUT2D eigenvalue weighted by atomic mass is 16.5. The van der Waals surface area contributed by atoms with Crippen LogP contribution in [0.1, 0.15) is 20.3 Å². The van der Waals surface area contributed by atoms with Gasteiger partial charge in [-0.2, -0.15) is 0 Å². The van der Waals surface area contributed by atoms with E-state index in [0.717, 1.165) is 6.42 Å². The Morgan fingerprint density at radius 2 is 1.37 bits per heavy atom. The van der Waals surface area contributed by atoms with Gasteiger partial charge in [-0.3, -0.25) is 9.59 Å². The monoisotopic (exact) mass is 266 g/mol. The molecule has 0 aromatic heterocycles. The predicted octanol–water partition coefficient (Wildman–Crippen LogP) is 2.35. The van der Waals surface area contributed by atoms with Crippen molar-refractivity contribution in [2.45, 2.75) is 20.3 Å². The Bertz CT molecular complexity index is 327. The Labute approximate surface area is 114 Å². The molecular weight excluding hydrogens is 244 g/mol. The van der Waals surface area contributed by atoms with E-state index >= 15 is 0 Å². The lowest BCUT2D eigenvalue weighted by Crippen LogP contribution is -2.27. The second-order valence-corrected chi connectivity index (χ2v) is 4.97. The molecule has 106 valence electrons. The quantitative estimate of drug-likeness (QED) is 0.547. The molecule has 0 aliphatic heterocycles. The van der Waals surface area contributed by atoms with Crippen molar-refractivity contribution < 1.29 is 19.1 Å². The van der Waals surface area contributed by atoms with Crippen LogP contribution in [0, 0.1) is 23.7 Å². The van der Waals surface area contributed by atoms with E-state index in [0.29, 0.717) is 13.2 Å². The highest BCUT2D eigenvalue weighted by molar-refractivity contribution is 5.66. The molecule has 4 nitrogen and oxygen atoms in total. The zero-order chi connectivity index (χ0) is 14.4. The second-order valence-electron chi connectivity index (χ2n) is 4.97. The summed E-state index contributed by atoms with van der Waals surface area (Å²) in [5, 5.41) is 0. The Kier molecular flexibility index (Phi) is 5.80. The molecule has 0 radical (unpaired) electrons. The Balaban J connectivity index is 2.76. The van der Waals surface area contributed by atoms with E-state index in [-0.39, 0.29) is 35.6 Å². The van der Waals surface area contributed by atoms with E-state index < -0.39 is 0 Å². The number of ether oxygens (including phenoxy) is 2. The molecule has 4 atom stereocenters. The highest BCUT2D eigenvalue weighted by Crippen LogP contribution is 2.43. The minimum atomic E-state index is -0.295. The summed E-state index contributed by atoms with van der Waals surface area (Å²) in [4.78, 5) is 21.9. The first kappa shape index (κ1) is 15.5. The Hall–Kier alpha value is -1.58. The number of hydrogen-bond donors (Lipinski definition) is 0. The molecule has 1 saturated carbocycles. The molecule has 0 bridgehead atoms. The van der Waals surface area contributed by atoms with Crippen molar-refractivity contribution in [2.24, 2.45) is 23.7 Å². The fraction of sp³-hybridized carbons (Fsp3) is 0.600. The largest absolute Gasteiger partial charge is 0.466 e. The lowest BCUT2D eigenvalue weighted by molar-refractivity contribution is -0.147. The van der Waals surface area contributed by atoms with Gasteiger partial charge < -0.3 is 9.47 Å². The molecule has 0 aromatic carbocycles. The minimum absolute atomic E-state index is 0.128. The molecule has 0 N–H and O–H groups in total. The molecule has 0 heterocycles. The fourth-order valence-corrected chi connectivity index (χ4v) is 2.76. The van der Waals surface area contributed by atoms with Crippen LogP contribution in [0.25, 0.3) is 0 Å². The van der Waals surface area contributed by atoms with E-state index in [1.54, 1.807) is 0 Å². The average molecular weight is 266 g/mol. The van der Waals surface area contributed by atoms with Gasteiger partial charge in [0.2, 0.25) is 0 Å². The van der Waals surface area contributed by atoms with Crippen molar-refractivity contribution in [3.63, 3.8) is 0 Å². The van der Waals surface area contributed by atoms with E-state index in [1.807, 2.05) is 12.2 Å². The number of esters is 2. The summed E-state index contributed by atoms with van der Waals surface area (Å²) in [5.74, 6) is 0.172. The summed E-state index contributed by atoms with van der Waals surface area (Å²) in [7, 11) is 0. The SMILES string of the molecule is C=CC1CC(C=C)C(COC(C)=O)C1COC(C)=O. The first-order valence-electron chi connectivity index (χ1n) is 6.51. The number of rotatable bonds is 6. The highest BCUT2D eigenvalue weighted by Gasteiger charge is 2.41. The predicted molar refractivity (Wildman–Crippen MR) is 72.2 cm³/mol. The number of allylic oxidation sites excluding steroid dienone is 2. The topological polar surface area (TPSA) is 52.6 Å². The molecule has 1 rings (SSSR count). The first-order valence-corrected chi connectivity index (χ1v) is 6.51. The molecule has 1 fully saturated rings. The molecular formula is C15H22O4. The molecule has 0 saturated heterocycles. The van der Waals surface area contributed by atoms with Crippen LogP contribution in [0.2, 0.25) is 0 Å². The van der Waals surface area contributed by atoms with Crippen molar-refractivity contribution in [1.82, 2.24) is 0 Å². The van der Waals surface area contributed by atoms with Gasteiger partial charge in [-0.1, -0.05) is 12.2 Å². The van der Waals surface area contributed by atoms with Gasteiger partial charge in [0, 0.05) is 25.7 Å². The molecule has 4 unspecified atom stereocenters. The van der Waals surface area contributed by atoms with Gasteiger partial charge in [0.15, 0.2) is 0 Å². The van der Waals surface area contributed by atoms with Gasteiger partial charge in [-0.05, 0) is 18.3 Å². The lowest BCUT2D eigenvalue weighted by Gasteiger charge is -2.24. The van der Waals surface area contributed by atoms with Crippen LogP contribution in [0.3, 0.4) is 0 Å². The van der Waals surface area contributed by atoms with Gasteiger partial charge in [0.05, 0.1) is 13.2 Å². The molecule has 19 heavy (non-hydrogen) atoms. The third kappa shape index (κ3) is 4.23. The van der Waals surface area contributed by atoms with Crippen LogP contribution < -0.4 is 0 Å². The zero-order valence-corrected chi connectivity index (χ0v) is 11.6. The van der Waals surface area contributed by atoms with E-state index in [1.165, 1.54) is 13.8 Å². The standard InChI is InChI=1S/C15H22O4/c1-5-12-7-13(6-2)15(9-19-11(4)17)14(12)8-18-10(3)16/h5-6,12-15H,1-2,7-9H2,3-4H3. The van der Waals surface area contributed by atoms with Crippen LogP contribution in [0.5, 0.6) is 0 Å². The first-order chi connectivity index (χ1) is 8.99. The lowest BCUT2D eigenvalue weighted by atomic mass is 9.88. The fourth-order valence-electron chi connectivity index (χ4n) is 2.76. The molecule has 0 spiro atoms.